The molecule has 3 aromatic carbocycles. The number of carbonyl (C=O) groups is 1. The number of benzene rings is 3. The molecule has 0 N–H and O–H groups in total. The van der Waals surface area contributed by atoms with Crippen LogP contribution in [0.3, 0.4) is 0 Å². The highest BCUT2D eigenvalue weighted by atomic mass is 16.5. The standard InChI is InChI=1S/C27H25NO4/c1-4-30-22-14-15-25-23(16-22)24(17-26(32-25)19-8-6-18(3)7-9-19)28-21-12-10-20(11-13-21)27(29)31-5-2/h6-17H,4-5H2,1-3H3. The summed E-state index contributed by atoms with van der Waals surface area (Å²) in [5.41, 5.74) is 4.09. The SMILES string of the molecule is CCOC(=O)c1ccc(N=c2cc(-c3ccc(C)cc3)oc3ccc(OCC)cc23)cc1. The fourth-order valence-electron chi connectivity index (χ4n) is 3.38. The van der Waals surface area contributed by atoms with E-state index in [1.54, 1.807) is 31.2 Å². The summed E-state index contributed by atoms with van der Waals surface area (Å²) in [5.74, 6) is 1.14. The quantitative estimate of drug-likeness (QED) is 0.343. The van der Waals surface area contributed by atoms with Crippen molar-refractivity contribution < 1.29 is 18.7 Å². The zero-order valence-corrected chi connectivity index (χ0v) is 18.4. The van der Waals surface area contributed by atoms with Crippen molar-refractivity contribution in [2.24, 2.45) is 4.99 Å². The molecule has 0 saturated carbocycles. The summed E-state index contributed by atoms with van der Waals surface area (Å²) < 4.78 is 16.9. The van der Waals surface area contributed by atoms with Crippen LogP contribution in [-0.2, 0) is 4.74 Å². The van der Waals surface area contributed by atoms with Gasteiger partial charge in [-0.25, -0.2) is 9.79 Å². The Balaban J connectivity index is 1.85. The summed E-state index contributed by atoms with van der Waals surface area (Å²) in [5, 5.41) is 1.61. The lowest BCUT2D eigenvalue weighted by atomic mass is 10.1. The molecule has 32 heavy (non-hydrogen) atoms. The van der Waals surface area contributed by atoms with Crippen LogP contribution in [0.25, 0.3) is 22.3 Å². The number of fused-ring (bicyclic) bond motifs is 1. The number of aryl methyl sites for hydroxylation is 1. The van der Waals surface area contributed by atoms with E-state index in [2.05, 4.69) is 19.1 Å². The molecule has 0 radical (unpaired) electrons. The van der Waals surface area contributed by atoms with E-state index in [1.165, 1.54) is 5.56 Å². The molecule has 0 saturated heterocycles. The van der Waals surface area contributed by atoms with Crippen molar-refractivity contribution in [3.05, 3.63) is 89.3 Å². The van der Waals surface area contributed by atoms with Gasteiger partial charge in [-0.05, 0) is 63.2 Å². The maximum Gasteiger partial charge on any atom is 0.338 e. The summed E-state index contributed by atoms with van der Waals surface area (Å²) >= 11 is 0. The predicted octanol–water partition coefficient (Wildman–Crippen LogP) is 6.22. The summed E-state index contributed by atoms with van der Waals surface area (Å²) in [6.45, 7) is 6.71. The average molecular weight is 428 g/mol. The van der Waals surface area contributed by atoms with Crippen LogP contribution in [0.4, 0.5) is 5.69 Å². The molecule has 0 aliphatic rings. The molecule has 0 bridgehead atoms. The molecule has 0 atom stereocenters. The Labute approximate surface area is 187 Å². The Bertz CT molecular complexity index is 1300. The number of esters is 1. The number of hydrogen-bond acceptors (Lipinski definition) is 5. The molecule has 5 heteroatoms. The molecule has 0 unspecified atom stereocenters. The van der Waals surface area contributed by atoms with Crippen molar-refractivity contribution >= 4 is 22.6 Å². The third-order valence-electron chi connectivity index (χ3n) is 4.99. The van der Waals surface area contributed by atoms with E-state index < -0.39 is 0 Å². The molecule has 0 fully saturated rings. The van der Waals surface area contributed by atoms with Gasteiger partial charge in [-0.1, -0.05) is 29.8 Å². The molecule has 1 aromatic heterocycles. The first-order valence-electron chi connectivity index (χ1n) is 10.7. The van der Waals surface area contributed by atoms with Gasteiger partial charge in [0, 0.05) is 17.0 Å². The number of hydrogen-bond donors (Lipinski definition) is 0. The zero-order chi connectivity index (χ0) is 22.5. The second-order valence-electron chi connectivity index (χ2n) is 7.33. The minimum absolute atomic E-state index is 0.342. The van der Waals surface area contributed by atoms with Gasteiger partial charge in [-0.3, -0.25) is 0 Å². The summed E-state index contributed by atoms with van der Waals surface area (Å²) in [6.07, 6.45) is 0. The Morgan fingerprint density at radius 2 is 1.66 bits per heavy atom. The van der Waals surface area contributed by atoms with E-state index in [1.807, 2.05) is 43.3 Å². The fourth-order valence-corrected chi connectivity index (χ4v) is 3.38. The van der Waals surface area contributed by atoms with Gasteiger partial charge >= 0.3 is 5.97 Å². The number of nitrogens with zero attached hydrogens (tertiary/aromatic N) is 1. The second kappa shape index (κ2) is 9.52. The maximum absolute atomic E-state index is 11.9. The lowest BCUT2D eigenvalue weighted by Gasteiger charge is -2.08. The molecule has 4 rings (SSSR count). The molecule has 0 amide bonds. The monoisotopic (exact) mass is 427 g/mol. The lowest BCUT2D eigenvalue weighted by molar-refractivity contribution is 0.0526. The van der Waals surface area contributed by atoms with Gasteiger partial charge in [0.15, 0.2) is 0 Å². The van der Waals surface area contributed by atoms with Crippen LogP contribution < -0.4 is 10.1 Å². The van der Waals surface area contributed by atoms with Crippen LogP contribution in [0.5, 0.6) is 5.75 Å². The van der Waals surface area contributed by atoms with Crippen LogP contribution in [0.1, 0.15) is 29.8 Å². The van der Waals surface area contributed by atoms with Crippen molar-refractivity contribution in [2.75, 3.05) is 13.2 Å². The molecule has 0 aliphatic heterocycles. The molecule has 4 aromatic rings. The van der Waals surface area contributed by atoms with E-state index in [0.29, 0.717) is 24.4 Å². The Morgan fingerprint density at radius 1 is 0.906 bits per heavy atom. The minimum Gasteiger partial charge on any atom is -0.494 e. The second-order valence-corrected chi connectivity index (χ2v) is 7.33. The van der Waals surface area contributed by atoms with Crippen molar-refractivity contribution in [1.82, 2.24) is 0 Å². The summed E-state index contributed by atoms with van der Waals surface area (Å²) in [7, 11) is 0. The molecular formula is C27H25NO4. The zero-order valence-electron chi connectivity index (χ0n) is 18.4. The van der Waals surface area contributed by atoms with Gasteiger partial charge in [0.1, 0.15) is 17.1 Å². The third-order valence-corrected chi connectivity index (χ3v) is 4.99. The molecular weight excluding hydrogens is 402 g/mol. The average Bonchev–Trinajstić information content (AvgIpc) is 2.80. The Kier molecular flexibility index (Phi) is 6.36. The van der Waals surface area contributed by atoms with Crippen LogP contribution >= 0.6 is 0 Å². The van der Waals surface area contributed by atoms with Gasteiger partial charge in [0.05, 0.1) is 29.8 Å². The number of rotatable bonds is 6. The van der Waals surface area contributed by atoms with Crippen LogP contribution in [0.2, 0.25) is 0 Å². The lowest BCUT2D eigenvalue weighted by Crippen LogP contribution is -2.05. The largest absolute Gasteiger partial charge is 0.494 e. The molecule has 162 valence electrons. The first-order valence-corrected chi connectivity index (χ1v) is 10.7. The van der Waals surface area contributed by atoms with Crippen molar-refractivity contribution in [3.63, 3.8) is 0 Å². The van der Waals surface area contributed by atoms with E-state index in [0.717, 1.165) is 33.5 Å². The van der Waals surface area contributed by atoms with Gasteiger partial charge in [0.2, 0.25) is 0 Å². The van der Waals surface area contributed by atoms with Gasteiger partial charge in [0.25, 0.3) is 0 Å². The van der Waals surface area contributed by atoms with Crippen LogP contribution in [0, 0.1) is 6.92 Å². The van der Waals surface area contributed by atoms with Crippen molar-refractivity contribution in [3.8, 4) is 17.1 Å². The minimum atomic E-state index is -0.342. The summed E-state index contributed by atoms with van der Waals surface area (Å²) in [6, 6.07) is 22.9. The molecule has 1 heterocycles. The smallest absolute Gasteiger partial charge is 0.338 e. The fraction of sp³-hybridized carbons (Fsp3) is 0.185. The van der Waals surface area contributed by atoms with E-state index >= 15 is 0 Å². The Hall–Kier alpha value is -3.86. The first kappa shape index (κ1) is 21.4. The van der Waals surface area contributed by atoms with E-state index in [9.17, 15) is 4.79 Å². The maximum atomic E-state index is 11.9. The molecule has 0 spiro atoms. The van der Waals surface area contributed by atoms with E-state index in [-0.39, 0.29) is 5.97 Å². The van der Waals surface area contributed by atoms with Gasteiger partial charge in [-0.2, -0.15) is 0 Å². The predicted molar refractivity (Wildman–Crippen MR) is 125 cm³/mol. The molecule has 0 aliphatic carbocycles. The first-order chi connectivity index (χ1) is 15.6. The molecule has 5 nitrogen and oxygen atoms in total. The van der Waals surface area contributed by atoms with Crippen molar-refractivity contribution in [2.45, 2.75) is 20.8 Å². The normalized spacial score (nSPS) is 11.5. The highest BCUT2D eigenvalue weighted by Gasteiger charge is 2.09. The Morgan fingerprint density at radius 3 is 2.34 bits per heavy atom. The topological polar surface area (TPSA) is 61.0 Å². The van der Waals surface area contributed by atoms with Gasteiger partial charge in [-0.15, -0.1) is 0 Å². The highest BCUT2D eigenvalue weighted by Crippen LogP contribution is 2.26. The highest BCUT2D eigenvalue weighted by molar-refractivity contribution is 5.89. The number of carbonyl (C=O) groups excluding carboxylic acids is 1. The van der Waals surface area contributed by atoms with Crippen molar-refractivity contribution in [1.29, 1.82) is 0 Å². The third kappa shape index (κ3) is 4.72. The summed E-state index contributed by atoms with van der Waals surface area (Å²) in [4.78, 5) is 16.8. The van der Waals surface area contributed by atoms with E-state index in [4.69, 9.17) is 18.9 Å². The van der Waals surface area contributed by atoms with Gasteiger partial charge < -0.3 is 13.9 Å². The van der Waals surface area contributed by atoms with Crippen LogP contribution in [-0.4, -0.2) is 19.2 Å². The van der Waals surface area contributed by atoms with Crippen LogP contribution in [0.15, 0.2) is 82.2 Å². The number of ether oxygens (including phenoxy) is 2.